The van der Waals surface area contributed by atoms with Crippen molar-refractivity contribution in [1.29, 1.82) is 0 Å². The van der Waals surface area contributed by atoms with E-state index in [0.717, 1.165) is 18.8 Å². The van der Waals surface area contributed by atoms with Gasteiger partial charge < -0.3 is 10.2 Å². The summed E-state index contributed by atoms with van der Waals surface area (Å²) in [5.74, 6) is 0.786. The molecule has 0 aromatic carbocycles. The molecule has 0 saturated heterocycles. The molecule has 2 nitrogen and oxygen atoms in total. The number of aliphatic hydroxyl groups is 2. The Kier molecular flexibility index (Phi) is 53.0. The van der Waals surface area contributed by atoms with Crippen molar-refractivity contribution in [2.75, 3.05) is 13.2 Å². The largest absolute Gasteiger partial charge is 0.396 e. The number of aliphatic hydroxyl groups excluding tert-OH is 2. The van der Waals surface area contributed by atoms with Crippen LogP contribution in [0.5, 0.6) is 0 Å². The van der Waals surface area contributed by atoms with Crippen LogP contribution in [0.4, 0.5) is 0 Å². The molecule has 0 spiro atoms. The van der Waals surface area contributed by atoms with Crippen molar-refractivity contribution >= 4 is 0 Å². The summed E-state index contributed by atoms with van der Waals surface area (Å²) in [6.45, 7) is 13.6. The zero-order chi connectivity index (χ0) is 54.3. The summed E-state index contributed by atoms with van der Waals surface area (Å²) in [5, 5.41) is 18.5. The first-order valence-electron chi connectivity index (χ1n) is 36.0. The smallest absolute Gasteiger partial charge is 0.0431 e. The topological polar surface area (TPSA) is 40.5 Å². The molecular formula is C73H146O2. The van der Waals surface area contributed by atoms with E-state index in [4.69, 9.17) is 0 Å². The summed E-state index contributed by atoms with van der Waals surface area (Å²) in [4.78, 5) is 0. The third kappa shape index (κ3) is 41.6. The van der Waals surface area contributed by atoms with Crippen molar-refractivity contribution in [3.8, 4) is 0 Å². The van der Waals surface area contributed by atoms with Crippen molar-refractivity contribution in [2.45, 2.75) is 433 Å². The van der Waals surface area contributed by atoms with Gasteiger partial charge in [0.1, 0.15) is 0 Å². The highest BCUT2D eigenvalue weighted by Gasteiger charge is 2.46. The molecule has 0 bridgehead atoms. The molecule has 1 saturated carbocycles. The summed E-state index contributed by atoms with van der Waals surface area (Å²) in [5.41, 5.74) is 1.46. The molecule has 0 amide bonds. The third-order valence-electron chi connectivity index (χ3n) is 20.6. The minimum Gasteiger partial charge on any atom is -0.396 e. The molecule has 1 unspecified atom stereocenters. The number of hydrogen-bond donors (Lipinski definition) is 2. The maximum atomic E-state index is 9.23. The monoisotopic (exact) mass is 1060 g/mol. The molecule has 1 fully saturated rings. The molecule has 450 valence electrons. The van der Waals surface area contributed by atoms with Crippen LogP contribution in [0.1, 0.15) is 433 Å². The molecule has 1 atom stereocenters. The zero-order valence-electron chi connectivity index (χ0n) is 53.2. The van der Waals surface area contributed by atoms with Crippen molar-refractivity contribution in [1.82, 2.24) is 0 Å². The SMILES string of the molecule is CCCCCCCCCCCCCCCCCCC1(CCCCCCCCCCCCCCCCCC)CCCCCCC(CCCCCCCCCCO)(CCCCCCCCCCO)C(C)(C)C(C)CCCC1. The lowest BCUT2D eigenvalue weighted by atomic mass is 9.53. The van der Waals surface area contributed by atoms with Gasteiger partial charge in [-0.15, -0.1) is 0 Å². The minimum atomic E-state index is 0.362. The quantitative estimate of drug-likeness (QED) is 0.0596. The second kappa shape index (κ2) is 54.5. The Bertz CT molecular complexity index is 1040. The molecule has 0 aromatic heterocycles. The van der Waals surface area contributed by atoms with Gasteiger partial charge in [-0.05, 0) is 80.0 Å². The maximum Gasteiger partial charge on any atom is 0.0431 e. The lowest BCUT2D eigenvalue weighted by Crippen LogP contribution is -2.43. The zero-order valence-corrected chi connectivity index (χ0v) is 53.2. The Labute approximate surface area is 476 Å². The highest BCUT2D eigenvalue weighted by molar-refractivity contribution is 4.96. The van der Waals surface area contributed by atoms with Crippen LogP contribution in [0.15, 0.2) is 0 Å². The average molecular weight is 1060 g/mol. The Morgan fingerprint density at radius 1 is 0.280 bits per heavy atom. The lowest BCUT2D eigenvalue weighted by Gasteiger charge is -2.52. The first-order chi connectivity index (χ1) is 36.8. The Morgan fingerprint density at radius 2 is 0.520 bits per heavy atom. The van der Waals surface area contributed by atoms with Crippen molar-refractivity contribution in [3.05, 3.63) is 0 Å². The summed E-state index contributed by atoms with van der Waals surface area (Å²) >= 11 is 0. The molecule has 0 aliphatic heterocycles. The fraction of sp³-hybridized carbons (Fsp3) is 1.00. The third-order valence-corrected chi connectivity index (χ3v) is 20.6. The first-order valence-corrected chi connectivity index (χ1v) is 36.0. The predicted molar refractivity (Wildman–Crippen MR) is 340 cm³/mol. The van der Waals surface area contributed by atoms with Crippen LogP contribution < -0.4 is 0 Å². The Morgan fingerprint density at radius 3 is 0.813 bits per heavy atom. The molecule has 2 heteroatoms. The standard InChI is InChI=1S/C73H146O2/c1-6-8-10-12-14-16-18-20-22-24-26-28-30-36-42-51-61-72(62-52-43-37-31-29-27-25-23-21-19-17-15-13-11-9-7-2)63-53-46-47-56-67-73(71(4,5)70(3)60-50-57-64-72,65-54-44-38-32-34-40-48-58-68-74)66-55-45-39-33-35-41-49-59-69-75/h70,74-75H,6-69H2,1-5H3. The van der Waals surface area contributed by atoms with Gasteiger partial charge in [-0.3, -0.25) is 0 Å². The second-order valence-electron chi connectivity index (χ2n) is 27.3. The van der Waals surface area contributed by atoms with Crippen molar-refractivity contribution < 1.29 is 10.2 Å². The maximum absolute atomic E-state index is 9.23. The van der Waals surface area contributed by atoms with Gasteiger partial charge in [0.25, 0.3) is 0 Å². The summed E-state index contributed by atoms with van der Waals surface area (Å²) in [6, 6.07) is 0. The van der Waals surface area contributed by atoms with Crippen LogP contribution in [0.25, 0.3) is 0 Å². The van der Waals surface area contributed by atoms with Crippen LogP contribution in [0, 0.1) is 22.2 Å². The van der Waals surface area contributed by atoms with Crippen molar-refractivity contribution in [3.63, 3.8) is 0 Å². The normalized spacial score (nSPS) is 17.4. The van der Waals surface area contributed by atoms with Crippen LogP contribution in [-0.2, 0) is 0 Å². The summed E-state index contributed by atoms with van der Waals surface area (Å²) in [7, 11) is 0. The van der Waals surface area contributed by atoms with Gasteiger partial charge in [-0.25, -0.2) is 0 Å². The first kappa shape index (κ1) is 72.9. The van der Waals surface area contributed by atoms with Gasteiger partial charge in [0.05, 0.1) is 0 Å². The van der Waals surface area contributed by atoms with Crippen LogP contribution in [0.3, 0.4) is 0 Å². The van der Waals surface area contributed by atoms with E-state index in [1.807, 2.05) is 0 Å². The van der Waals surface area contributed by atoms with Gasteiger partial charge in [0, 0.05) is 13.2 Å². The van der Waals surface area contributed by atoms with E-state index in [-0.39, 0.29) is 0 Å². The fourth-order valence-corrected chi connectivity index (χ4v) is 14.6. The van der Waals surface area contributed by atoms with Crippen molar-refractivity contribution in [2.24, 2.45) is 22.2 Å². The second-order valence-corrected chi connectivity index (χ2v) is 27.3. The molecule has 1 rings (SSSR count). The van der Waals surface area contributed by atoms with E-state index < -0.39 is 0 Å². The molecule has 0 aromatic rings. The molecular weight excluding hydrogens is 909 g/mol. The van der Waals surface area contributed by atoms with Crippen LogP contribution in [0.2, 0.25) is 0 Å². The summed E-state index contributed by atoms with van der Waals surface area (Å²) in [6.07, 6.45) is 88.7. The number of hydrogen-bond acceptors (Lipinski definition) is 2. The van der Waals surface area contributed by atoms with E-state index in [1.165, 1.54) is 385 Å². The number of unbranched alkanes of at least 4 members (excludes halogenated alkanes) is 44. The van der Waals surface area contributed by atoms with E-state index in [0.29, 0.717) is 29.5 Å². The van der Waals surface area contributed by atoms with E-state index >= 15 is 0 Å². The van der Waals surface area contributed by atoms with Gasteiger partial charge in [0.2, 0.25) is 0 Å². The molecule has 0 heterocycles. The highest BCUT2D eigenvalue weighted by atomic mass is 16.3. The van der Waals surface area contributed by atoms with Crippen LogP contribution in [-0.4, -0.2) is 23.4 Å². The van der Waals surface area contributed by atoms with Gasteiger partial charge in [-0.2, -0.15) is 0 Å². The predicted octanol–water partition coefficient (Wildman–Crippen LogP) is 25.8. The Balaban J connectivity index is 2.88. The molecule has 0 radical (unpaired) electrons. The molecule has 2 N–H and O–H groups in total. The lowest BCUT2D eigenvalue weighted by molar-refractivity contribution is -0.0202. The van der Waals surface area contributed by atoms with Crippen LogP contribution >= 0.6 is 0 Å². The average Bonchev–Trinajstić information content (AvgIpc) is 3.41. The Hall–Kier alpha value is -0.0800. The summed E-state index contributed by atoms with van der Waals surface area (Å²) < 4.78 is 0. The van der Waals surface area contributed by atoms with Gasteiger partial charge >= 0.3 is 0 Å². The molecule has 1 aliphatic rings. The highest BCUT2D eigenvalue weighted by Crippen LogP contribution is 2.56. The molecule has 75 heavy (non-hydrogen) atoms. The van der Waals surface area contributed by atoms with Gasteiger partial charge in [0.15, 0.2) is 0 Å². The molecule has 1 aliphatic carbocycles. The van der Waals surface area contributed by atoms with E-state index in [9.17, 15) is 10.2 Å². The van der Waals surface area contributed by atoms with E-state index in [1.54, 1.807) is 0 Å². The minimum absolute atomic E-state index is 0.362. The number of rotatable bonds is 54. The fourth-order valence-electron chi connectivity index (χ4n) is 14.6. The van der Waals surface area contributed by atoms with E-state index in [2.05, 4.69) is 34.6 Å². The van der Waals surface area contributed by atoms with Gasteiger partial charge in [-0.1, -0.05) is 375 Å².